The second-order valence-corrected chi connectivity index (χ2v) is 5.36. The molecule has 2 rings (SSSR count). The first-order chi connectivity index (χ1) is 8.15. The first-order valence-corrected chi connectivity index (χ1v) is 6.69. The van der Waals surface area contributed by atoms with E-state index in [1.165, 1.54) is 42.7 Å². The summed E-state index contributed by atoms with van der Waals surface area (Å²) in [7, 11) is 0. The Morgan fingerprint density at radius 3 is 2.65 bits per heavy atom. The van der Waals surface area contributed by atoms with Crippen LogP contribution in [0.5, 0.6) is 0 Å². The summed E-state index contributed by atoms with van der Waals surface area (Å²) < 4.78 is 0. The highest BCUT2D eigenvalue weighted by atomic mass is 15.1. The molecule has 94 valence electrons. The van der Waals surface area contributed by atoms with Crippen molar-refractivity contribution in [2.75, 3.05) is 19.6 Å². The topological polar surface area (TPSA) is 29.3 Å². The van der Waals surface area contributed by atoms with Crippen LogP contribution in [0.1, 0.15) is 29.5 Å². The van der Waals surface area contributed by atoms with E-state index in [1.807, 2.05) is 0 Å². The van der Waals surface area contributed by atoms with Crippen molar-refractivity contribution in [3.8, 4) is 0 Å². The summed E-state index contributed by atoms with van der Waals surface area (Å²) in [5, 5.41) is 0. The van der Waals surface area contributed by atoms with Crippen molar-refractivity contribution in [3.63, 3.8) is 0 Å². The van der Waals surface area contributed by atoms with E-state index in [0.717, 1.165) is 12.8 Å². The van der Waals surface area contributed by atoms with Crippen LogP contribution < -0.4 is 5.73 Å². The SMILES string of the molecule is Cc1ccc(C)c(CCN2CCC(N)CC2)c1. The summed E-state index contributed by atoms with van der Waals surface area (Å²) in [6.45, 7) is 7.90. The van der Waals surface area contributed by atoms with Crippen molar-refractivity contribution in [1.82, 2.24) is 4.90 Å². The zero-order chi connectivity index (χ0) is 12.3. The van der Waals surface area contributed by atoms with Crippen molar-refractivity contribution in [2.24, 2.45) is 5.73 Å². The predicted octanol–water partition coefficient (Wildman–Crippen LogP) is 2.27. The van der Waals surface area contributed by atoms with Gasteiger partial charge >= 0.3 is 0 Å². The van der Waals surface area contributed by atoms with Gasteiger partial charge in [0.1, 0.15) is 0 Å². The molecule has 0 saturated carbocycles. The molecule has 17 heavy (non-hydrogen) atoms. The molecule has 1 heterocycles. The number of aryl methyl sites for hydroxylation is 2. The maximum Gasteiger partial charge on any atom is 0.00631 e. The molecule has 0 unspecified atom stereocenters. The molecule has 1 aliphatic heterocycles. The highest BCUT2D eigenvalue weighted by Crippen LogP contribution is 2.14. The van der Waals surface area contributed by atoms with Gasteiger partial charge in [-0.25, -0.2) is 0 Å². The molecule has 1 fully saturated rings. The van der Waals surface area contributed by atoms with Gasteiger partial charge in [-0.1, -0.05) is 23.8 Å². The van der Waals surface area contributed by atoms with Crippen LogP contribution in [0.3, 0.4) is 0 Å². The molecular formula is C15H24N2. The number of nitrogens with two attached hydrogens (primary N) is 1. The summed E-state index contributed by atoms with van der Waals surface area (Å²) >= 11 is 0. The molecule has 0 spiro atoms. The average molecular weight is 232 g/mol. The van der Waals surface area contributed by atoms with E-state index >= 15 is 0 Å². The maximum atomic E-state index is 5.92. The molecule has 2 heteroatoms. The van der Waals surface area contributed by atoms with E-state index in [2.05, 4.69) is 36.9 Å². The lowest BCUT2D eigenvalue weighted by atomic mass is 10.0. The third kappa shape index (κ3) is 3.55. The Balaban J connectivity index is 1.87. The highest BCUT2D eigenvalue weighted by Gasteiger charge is 2.15. The van der Waals surface area contributed by atoms with Gasteiger partial charge in [-0.15, -0.1) is 0 Å². The van der Waals surface area contributed by atoms with Gasteiger partial charge in [-0.2, -0.15) is 0 Å². The van der Waals surface area contributed by atoms with E-state index in [4.69, 9.17) is 5.73 Å². The molecule has 1 saturated heterocycles. The zero-order valence-electron chi connectivity index (χ0n) is 11.1. The van der Waals surface area contributed by atoms with E-state index < -0.39 is 0 Å². The molecule has 2 N–H and O–H groups in total. The summed E-state index contributed by atoms with van der Waals surface area (Å²) in [5.74, 6) is 0. The molecule has 2 nitrogen and oxygen atoms in total. The van der Waals surface area contributed by atoms with Crippen LogP contribution >= 0.6 is 0 Å². The minimum Gasteiger partial charge on any atom is -0.328 e. The lowest BCUT2D eigenvalue weighted by Gasteiger charge is -2.30. The fraction of sp³-hybridized carbons (Fsp3) is 0.600. The van der Waals surface area contributed by atoms with Gasteiger partial charge in [0.2, 0.25) is 0 Å². The molecule has 1 aromatic rings. The summed E-state index contributed by atoms with van der Waals surface area (Å²) in [6.07, 6.45) is 3.49. The molecular weight excluding hydrogens is 208 g/mol. The molecule has 0 aromatic heterocycles. The summed E-state index contributed by atoms with van der Waals surface area (Å²) in [5.41, 5.74) is 10.2. The quantitative estimate of drug-likeness (QED) is 0.866. The van der Waals surface area contributed by atoms with Crippen LogP contribution in [0.15, 0.2) is 18.2 Å². The fourth-order valence-electron chi connectivity index (χ4n) is 2.52. The minimum absolute atomic E-state index is 0.437. The molecule has 1 aliphatic rings. The number of piperidine rings is 1. The molecule has 1 aromatic carbocycles. The third-order valence-corrected chi connectivity index (χ3v) is 3.83. The maximum absolute atomic E-state index is 5.92. The molecule has 0 bridgehead atoms. The first-order valence-electron chi connectivity index (χ1n) is 6.69. The second-order valence-electron chi connectivity index (χ2n) is 5.36. The Bertz CT molecular complexity index is 365. The van der Waals surface area contributed by atoms with Crippen molar-refractivity contribution in [2.45, 2.75) is 39.2 Å². The van der Waals surface area contributed by atoms with Gasteiger partial charge in [-0.05, 0) is 57.3 Å². The number of nitrogens with zero attached hydrogens (tertiary/aromatic N) is 1. The Labute approximate surface area is 105 Å². The molecule has 0 amide bonds. The Morgan fingerprint density at radius 1 is 1.24 bits per heavy atom. The predicted molar refractivity (Wildman–Crippen MR) is 73.3 cm³/mol. The van der Waals surface area contributed by atoms with Crippen molar-refractivity contribution in [3.05, 3.63) is 34.9 Å². The van der Waals surface area contributed by atoms with Crippen molar-refractivity contribution >= 4 is 0 Å². The Hall–Kier alpha value is -0.860. The van der Waals surface area contributed by atoms with E-state index in [9.17, 15) is 0 Å². The van der Waals surface area contributed by atoms with Gasteiger partial charge in [0.05, 0.1) is 0 Å². The Kier molecular flexibility index (Phi) is 4.19. The van der Waals surface area contributed by atoms with Gasteiger partial charge in [0.25, 0.3) is 0 Å². The number of rotatable bonds is 3. The van der Waals surface area contributed by atoms with E-state index in [-0.39, 0.29) is 0 Å². The van der Waals surface area contributed by atoms with Crippen molar-refractivity contribution < 1.29 is 0 Å². The van der Waals surface area contributed by atoms with Gasteiger partial charge < -0.3 is 10.6 Å². The van der Waals surface area contributed by atoms with Gasteiger partial charge in [0, 0.05) is 12.6 Å². The van der Waals surface area contributed by atoms with Crippen LogP contribution in [0.25, 0.3) is 0 Å². The van der Waals surface area contributed by atoms with E-state index in [0.29, 0.717) is 6.04 Å². The summed E-state index contributed by atoms with van der Waals surface area (Å²) in [4.78, 5) is 2.55. The number of likely N-dealkylation sites (tertiary alicyclic amines) is 1. The molecule has 0 radical (unpaired) electrons. The standard InChI is InChI=1S/C15H24N2/c1-12-3-4-13(2)14(11-12)5-8-17-9-6-15(16)7-10-17/h3-4,11,15H,5-10,16H2,1-2H3. The van der Waals surface area contributed by atoms with Crippen LogP contribution in [-0.2, 0) is 6.42 Å². The fourth-order valence-corrected chi connectivity index (χ4v) is 2.52. The van der Waals surface area contributed by atoms with Gasteiger partial charge in [0.15, 0.2) is 0 Å². The normalized spacial score (nSPS) is 18.5. The Morgan fingerprint density at radius 2 is 1.94 bits per heavy atom. The minimum atomic E-state index is 0.437. The monoisotopic (exact) mass is 232 g/mol. The molecule has 0 atom stereocenters. The zero-order valence-corrected chi connectivity index (χ0v) is 11.1. The smallest absolute Gasteiger partial charge is 0.00631 e. The van der Waals surface area contributed by atoms with Crippen LogP contribution in [-0.4, -0.2) is 30.6 Å². The van der Waals surface area contributed by atoms with Gasteiger partial charge in [-0.3, -0.25) is 0 Å². The highest BCUT2D eigenvalue weighted by molar-refractivity contribution is 5.30. The summed E-state index contributed by atoms with van der Waals surface area (Å²) in [6, 6.07) is 7.19. The number of benzene rings is 1. The number of hydrogen-bond acceptors (Lipinski definition) is 2. The second kappa shape index (κ2) is 5.65. The average Bonchev–Trinajstić information content (AvgIpc) is 2.32. The van der Waals surface area contributed by atoms with Crippen molar-refractivity contribution in [1.29, 1.82) is 0 Å². The third-order valence-electron chi connectivity index (χ3n) is 3.83. The molecule has 0 aliphatic carbocycles. The lowest BCUT2D eigenvalue weighted by molar-refractivity contribution is 0.215. The number of hydrogen-bond donors (Lipinski definition) is 1. The first kappa shape index (κ1) is 12.6. The lowest BCUT2D eigenvalue weighted by Crippen LogP contribution is -2.40. The van der Waals surface area contributed by atoms with Crippen LogP contribution in [0, 0.1) is 13.8 Å². The largest absolute Gasteiger partial charge is 0.328 e. The van der Waals surface area contributed by atoms with Crippen LogP contribution in [0.4, 0.5) is 0 Å². The van der Waals surface area contributed by atoms with Crippen LogP contribution in [0.2, 0.25) is 0 Å². The van der Waals surface area contributed by atoms with E-state index in [1.54, 1.807) is 0 Å².